The Morgan fingerprint density at radius 1 is 1.08 bits per heavy atom. The summed E-state index contributed by atoms with van der Waals surface area (Å²) in [6, 6.07) is 10.1. The van der Waals surface area contributed by atoms with Crippen molar-refractivity contribution in [1.29, 1.82) is 0 Å². The molecule has 0 radical (unpaired) electrons. The molecule has 26 heavy (non-hydrogen) atoms. The summed E-state index contributed by atoms with van der Waals surface area (Å²) < 4.78 is 5.45. The second-order valence-electron chi connectivity index (χ2n) is 6.90. The number of benzene rings is 1. The van der Waals surface area contributed by atoms with Gasteiger partial charge in [-0.15, -0.1) is 0 Å². The number of rotatable bonds is 3. The molecule has 0 bridgehead atoms. The Morgan fingerprint density at radius 2 is 1.92 bits per heavy atom. The second kappa shape index (κ2) is 6.05. The summed E-state index contributed by atoms with van der Waals surface area (Å²) in [5, 5.41) is 4.06. The summed E-state index contributed by atoms with van der Waals surface area (Å²) in [5.74, 6) is 1.09. The van der Waals surface area contributed by atoms with E-state index in [1.807, 2.05) is 17.0 Å². The lowest BCUT2D eigenvalue weighted by Crippen LogP contribution is -2.24. The molecule has 0 N–H and O–H groups in total. The van der Waals surface area contributed by atoms with E-state index in [1.165, 1.54) is 17.5 Å². The van der Waals surface area contributed by atoms with E-state index in [0.29, 0.717) is 24.7 Å². The van der Waals surface area contributed by atoms with Crippen molar-refractivity contribution in [2.75, 3.05) is 11.4 Å². The molecule has 6 heteroatoms. The summed E-state index contributed by atoms with van der Waals surface area (Å²) in [5.41, 5.74) is 4.62. The minimum absolute atomic E-state index is 0.0705. The largest absolute Gasteiger partial charge is 0.339 e. The maximum absolute atomic E-state index is 12.6. The van der Waals surface area contributed by atoms with Gasteiger partial charge in [0.2, 0.25) is 17.6 Å². The van der Waals surface area contributed by atoms with Crippen LogP contribution in [0.2, 0.25) is 0 Å². The van der Waals surface area contributed by atoms with Crippen LogP contribution in [0.1, 0.15) is 35.8 Å². The summed E-state index contributed by atoms with van der Waals surface area (Å²) >= 11 is 0. The zero-order chi connectivity index (χ0) is 17.5. The number of hydrogen-bond acceptors (Lipinski definition) is 5. The van der Waals surface area contributed by atoms with Gasteiger partial charge in [-0.3, -0.25) is 9.78 Å². The van der Waals surface area contributed by atoms with Crippen molar-refractivity contribution in [3.05, 3.63) is 59.7 Å². The molecule has 1 unspecified atom stereocenters. The van der Waals surface area contributed by atoms with Crippen LogP contribution >= 0.6 is 0 Å². The molecule has 1 aliphatic heterocycles. The average molecular weight is 346 g/mol. The number of pyridine rings is 1. The van der Waals surface area contributed by atoms with E-state index < -0.39 is 0 Å². The highest BCUT2D eigenvalue weighted by Gasteiger charge is 2.35. The minimum Gasteiger partial charge on any atom is -0.339 e. The molecule has 0 spiro atoms. The molecule has 1 aliphatic carbocycles. The monoisotopic (exact) mass is 346 g/mol. The van der Waals surface area contributed by atoms with E-state index in [0.717, 1.165) is 24.1 Å². The van der Waals surface area contributed by atoms with Crippen LogP contribution in [0, 0.1) is 0 Å². The lowest BCUT2D eigenvalue weighted by Gasteiger charge is -2.17. The molecule has 1 aromatic carbocycles. The first-order valence-electron chi connectivity index (χ1n) is 8.94. The molecule has 1 atom stereocenters. The van der Waals surface area contributed by atoms with Gasteiger partial charge in [0.1, 0.15) is 0 Å². The van der Waals surface area contributed by atoms with Crippen molar-refractivity contribution >= 4 is 11.6 Å². The van der Waals surface area contributed by atoms with Gasteiger partial charge >= 0.3 is 0 Å². The van der Waals surface area contributed by atoms with Crippen LogP contribution in [0.4, 0.5) is 5.69 Å². The molecule has 130 valence electrons. The molecule has 1 saturated heterocycles. The van der Waals surface area contributed by atoms with Crippen molar-refractivity contribution in [3.63, 3.8) is 0 Å². The molecule has 2 aromatic heterocycles. The number of hydrogen-bond donors (Lipinski definition) is 0. The molecule has 3 aromatic rings. The Balaban J connectivity index is 1.38. The molecule has 2 aliphatic rings. The predicted molar refractivity (Wildman–Crippen MR) is 95.7 cm³/mol. The van der Waals surface area contributed by atoms with Crippen molar-refractivity contribution in [2.45, 2.75) is 31.6 Å². The van der Waals surface area contributed by atoms with E-state index in [4.69, 9.17) is 4.52 Å². The van der Waals surface area contributed by atoms with Gasteiger partial charge < -0.3 is 9.42 Å². The van der Waals surface area contributed by atoms with Crippen LogP contribution in [0.15, 0.2) is 47.2 Å². The predicted octanol–water partition coefficient (Wildman–Crippen LogP) is 3.14. The standard InChI is InChI=1S/C20H18N4O2/c25-18-11-16(20-22-19(23-26-20)14-6-8-21-9-7-14)12-24(18)17-5-4-13-2-1-3-15(13)10-17/h4-10,16H,1-3,11-12H2. The molecule has 0 saturated carbocycles. The summed E-state index contributed by atoms with van der Waals surface area (Å²) in [6.45, 7) is 0.579. The highest BCUT2D eigenvalue weighted by atomic mass is 16.5. The number of aryl methyl sites for hydroxylation is 2. The Hall–Kier alpha value is -3.02. The third-order valence-corrected chi connectivity index (χ3v) is 5.25. The molecule has 1 fully saturated rings. The number of nitrogens with zero attached hydrogens (tertiary/aromatic N) is 4. The smallest absolute Gasteiger partial charge is 0.232 e. The van der Waals surface area contributed by atoms with Gasteiger partial charge in [0, 0.05) is 36.6 Å². The SMILES string of the molecule is O=C1CC(c2nc(-c3ccncc3)no2)CN1c1ccc2c(c1)CCC2. The molecular weight excluding hydrogens is 328 g/mol. The Bertz CT molecular complexity index is 967. The van der Waals surface area contributed by atoms with E-state index in [1.54, 1.807) is 12.4 Å². The molecular formula is C20H18N4O2. The first-order chi connectivity index (χ1) is 12.8. The highest BCUT2D eigenvalue weighted by molar-refractivity contribution is 5.96. The first-order valence-corrected chi connectivity index (χ1v) is 8.94. The first kappa shape index (κ1) is 15.3. The van der Waals surface area contributed by atoms with Gasteiger partial charge in [0.05, 0.1) is 5.92 Å². The number of amides is 1. The van der Waals surface area contributed by atoms with Crippen LogP contribution < -0.4 is 4.90 Å². The van der Waals surface area contributed by atoms with Crippen LogP contribution in [-0.4, -0.2) is 27.6 Å². The third kappa shape index (κ3) is 2.58. The second-order valence-corrected chi connectivity index (χ2v) is 6.90. The number of anilines is 1. The lowest BCUT2D eigenvalue weighted by molar-refractivity contribution is -0.117. The lowest BCUT2D eigenvalue weighted by atomic mass is 10.1. The molecule has 5 rings (SSSR count). The third-order valence-electron chi connectivity index (χ3n) is 5.25. The summed E-state index contributed by atoms with van der Waals surface area (Å²) in [6.07, 6.45) is 7.24. The quantitative estimate of drug-likeness (QED) is 0.728. The number of carbonyl (C=O) groups is 1. The maximum Gasteiger partial charge on any atom is 0.232 e. The van der Waals surface area contributed by atoms with Crippen LogP contribution in [0.3, 0.4) is 0 Å². The van der Waals surface area contributed by atoms with Crippen LogP contribution in [0.25, 0.3) is 11.4 Å². The zero-order valence-corrected chi connectivity index (χ0v) is 14.3. The summed E-state index contributed by atoms with van der Waals surface area (Å²) in [7, 11) is 0. The van der Waals surface area contributed by atoms with Gasteiger partial charge in [-0.1, -0.05) is 11.2 Å². The number of fused-ring (bicyclic) bond motifs is 1. The van der Waals surface area contributed by atoms with Crippen molar-refractivity contribution in [3.8, 4) is 11.4 Å². The van der Waals surface area contributed by atoms with Gasteiger partial charge in [-0.05, 0) is 54.7 Å². The van der Waals surface area contributed by atoms with Crippen LogP contribution in [-0.2, 0) is 17.6 Å². The highest BCUT2D eigenvalue weighted by Crippen LogP contribution is 2.34. The fraction of sp³-hybridized carbons (Fsp3) is 0.300. The number of carbonyl (C=O) groups excluding carboxylic acids is 1. The van der Waals surface area contributed by atoms with Crippen molar-refractivity contribution < 1.29 is 9.32 Å². The van der Waals surface area contributed by atoms with Crippen molar-refractivity contribution in [2.24, 2.45) is 0 Å². The summed E-state index contributed by atoms with van der Waals surface area (Å²) in [4.78, 5) is 22.9. The van der Waals surface area contributed by atoms with Gasteiger partial charge in [0.25, 0.3) is 0 Å². The van der Waals surface area contributed by atoms with E-state index in [2.05, 4.69) is 33.3 Å². The minimum atomic E-state index is -0.0705. The topological polar surface area (TPSA) is 72.1 Å². The molecule has 6 nitrogen and oxygen atoms in total. The Kier molecular flexibility index (Phi) is 3.55. The number of aromatic nitrogens is 3. The fourth-order valence-corrected chi connectivity index (χ4v) is 3.87. The molecule has 3 heterocycles. The van der Waals surface area contributed by atoms with E-state index in [9.17, 15) is 4.79 Å². The fourth-order valence-electron chi connectivity index (χ4n) is 3.87. The van der Waals surface area contributed by atoms with Gasteiger partial charge in [0.15, 0.2) is 0 Å². The van der Waals surface area contributed by atoms with E-state index >= 15 is 0 Å². The maximum atomic E-state index is 12.6. The Labute approximate surface area is 150 Å². The van der Waals surface area contributed by atoms with Crippen molar-refractivity contribution in [1.82, 2.24) is 15.1 Å². The average Bonchev–Trinajstić information content (AvgIpc) is 3.41. The van der Waals surface area contributed by atoms with Gasteiger partial charge in [-0.2, -0.15) is 4.98 Å². The molecule has 1 amide bonds. The normalized spacial score (nSPS) is 19.2. The van der Waals surface area contributed by atoms with E-state index in [-0.39, 0.29) is 11.8 Å². The Morgan fingerprint density at radius 3 is 2.81 bits per heavy atom. The van der Waals surface area contributed by atoms with Gasteiger partial charge in [-0.25, -0.2) is 0 Å². The zero-order valence-electron chi connectivity index (χ0n) is 14.3. The van der Waals surface area contributed by atoms with Crippen LogP contribution in [0.5, 0.6) is 0 Å².